The Morgan fingerprint density at radius 3 is 2.85 bits per heavy atom. The highest BCUT2D eigenvalue weighted by atomic mass is 16.6. The Morgan fingerprint density at radius 2 is 2.08 bits per heavy atom. The zero-order chi connectivity index (χ0) is 17.9. The molecule has 132 valence electrons. The number of fused-ring (bicyclic) bond motifs is 1. The lowest BCUT2D eigenvalue weighted by Crippen LogP contribution is -2.40. The van der Waals surface area contributed by atoms with Crippen molar-refractivity contribution < 1.29 is 23.4 Å². The van der Waals surface area contributed by atoms with E-state index in [-0.39, 0.29) is 12.5 Å². The SMILES string of the molecule is COc1cc(NC(=O)C2COc3ccccc3O2)ccc1-c1cnco1. The number of aromatic nitrogens is 1. The first-order valence-corrected chi connectivity index (χ1v) is 8.01. The molecule has 26 heavy (non-hydrogen) atoms. The number of amides is 1. The quantitative estimate of drug-likeness (QED) is 0.777. The molecule has 1 aliphatic heterocycles. The van der Waals surface area contributed by atoms with Gasteiger partial charge in [-0.1, -0.05) is 12.1 Å². The van der Waals surface area contributed by atoms with Gasteiger partial charge in [-0.25, -0.2) is 4.98 Å². The van der Waals surface area contributed by atoms with Crippen LogP contribution in [0.3, 0.4) is 0 Å². The van der Waals surface area contributed by atoms with E-state index < -0.39 is 6.10 Å². The first-order chi connectivity index (χ1) is 12.7. The van der Waals surface area contributed by atoms with Crippen LogP contribution in [-0.2, 0) is 4.79 Å². The average Bonchev–Trinajstić information content (AvgIpc) is 3.22. The molecule has 1 unspecified atom stereocenters. The lowest BCUT2D eigenvalue weighted by molar-refractivity contribution is -0.125. The molecule has 2 aromatic carbocycles. The summed E-state index contributed by atoms with van der Waals surface area (Å²) in [5.41, 5.74) is 1.33. The second-order valence-electron chi connectivity index (χ2n) is 5.63. The molecule has 1 atom stereocenters. The van der Waals surface area contributed by atoms with Gasteiger partial charge in [0, 0.05) is 11.8 Å². The van der Waals surface area contributed by atoms with E-state index in [1.54, 1.807) is 43.6 Å². The number of carbonyl (C=O) groups is 1. The van der Waals surface area contributed by atoms with Gasteiger partial charge in [0.25, 0.3) is 5.91 Å². The molecule has 1 aromatic heterocycles. The van der Waals surface area contributed by atoms with Gasteiger partial charge in [0.1, 0.15) is 12.4 Å². The summed E-state index contributed by atoms with van der Waals surface area (Å²) in [5, 5.41) is 2.82. The van der Waals surface area contributed by atoms with Crippen LogP contribution >= 0.6 is 0 Å². The highest BCUT2D eigenvalue weighted by molar-refractivity contribution is 5.95. The smallest absolute Gasteiger partial charge is 0.269 e. The zero-order valence-corrected chi connectivity index (χ0v) is 14.0. The van der Waals surface area contributed by atoms with E-state index >= 15 is 0 Å². The van der Waals surface area contributed by atoms with Crippen LogP contribution in [0.1, 0.15) is 0 Å². The van der Waals surface area contributed by atoms with Crippen LogP contribution in [-0.4, -0.2) is 30.7 Å². The van der Waals surface area contributed by atoms with Crippen molar-refractivity contribution in [2.24, 2.45) is 0 Å². The maximum Gasteiger partial charge on any atom is 0.269 e. The maximum atomic E-state index is 12.5. The lowest BCUT2D eigenvalue weighted by Gasteiger charge is -2.25. The standard InChI is InChI=1S/C19H16N2O5/c1-23-16-8-12(6-7-13(16)17-9-20-11-25-17)21-19(22)18-10-24-14-4-2-3-5-15(14)26-18/h2-9,11,18H,10H2,1H3,(H,21,22). The second-order valence-corrected chi connectivity index (χ2v) is 5.63. The number of hydrogen-bond acceptors (Lipinski definition) is 6. The van der Waals surface area contributed by atoms with Gasteiger partial charge < -0.3 is 23.9 Å². The molecular formula is C19H16N2O5. The summed E-state index contributed by atoms with van der Waals surface area (Å²) in [6.07, 6.45) is 2.22. The molecule has 1 aliphatic rings. The molecule has 7 nitrogen and oxygen atoms in total. The van der Waals surface area contributed by atoms with Crippen LogP contribution in [0.25, 0.3) is 11.3 Å². The van der Waals surface area contributed by atoms with Gasteiger partial charge in [-0.15, -0.1) is 0 Å². The normalized spacial score (nSPS) is 15.3. The van der Waals surface area contributed by atoms with Gasteiger partial charge in [-0.3, -0.25) is 4.79 Å². The Hall–Kier alpha value is -3.48. The number of methoxy groups -OCH3 is 1. The highest BCUT2D eigenvalue weighted by Crippen LogP contribution is 2.33. The third-order valence-corrected chi connectivity index (χ3v) is 3.97. The molecule has 0 fully saturated rings. The van der Waals surface area contributed by atoms with Crippen molar-refractivity contribution in [3.8, 4) is 28.6 Å². The van der Waals surface area contributed by atoms with Crippen LogP contribution in [0.4, 0.5) is 5.69 Å². The van der Waals surface area contributed by atoms with E-state index in [0.717, 1.165) is 5.56 Å². The van der Waals surface area contributed by atoms with Crippen molar-refractivity contribution in [3.05, 3.63) is 55.1 Å². The predicted molar refractivity (Wildman–Crippen MR) is 93.5 cm³/mol. The predicted octanol–water partition coefficient (Wildman–Crippen LogP) is 3.13. The van der Waals surface area contributed by atoms with Crippen LogP contribution < -0.4 is 19.5 Å². The number of rotatable bonds is 4. The number of benzene rings is 2. The van der Waals surface area contributed by atoms with E-state index in [2.05, 4.69) is 10.3 Å². The Labute approximate surface area is 149 Å². The minimum absolute atomic E-state index is 0.149. The summed E-state index contributed by atoms with van der Waals surface area (Å²) in [6, 6.07) is 12.5. The van der Waals surface area contributed by atoms with E-state index in [0.29, 0.717) is 28.7 Å². The molecule has 7 heteroatoms. The molecule has 0 radical (unpaired) electrons. The second kappa shape index (κ2) is 6.79. The summed E-state index contributed by atoms with van der Waals surface area (Å²) >= 11 is 0. The molecule has 1 amide bonds. The summed E-state index contributed by atoms with van der Waals surface area (Å²) in [6.45, 7) is 0.149. The van der Waals surface area contributed by atoms with Crippen molar-refractivity contribution in [2.45, 2.75) is 6.10 Å². The molecule has 1 N–H and O–H groups in total. The average molecular weight is 352 g/mol. The third kappa shape index (κ3) is 3.06. The third-order valence-electron chi connectivity index (χ3n) is 3.97. The van der Waals surface area contributed by atoms with Crippen molar-refractivity contribution in [1.82, 2.24) is 4.98 Å². The fourth-order valence-corrected chi connectivity index (χ4v) is 2.69. The summed E-state index contributed by atoms with van der Waals surface area (Å²) in [5.74, 6) is 2.03. The van der Waals surface area contributed by atoms with E-state index in [9.17, 15) is 4.79 Å². The van der Waals surface area contributed by atoms with Crippen LogP contribution in [0.5, 0.6) is 17.2 Å². The fraction of sp³-hybridized carbons (Fsp3) is 0.158. The maximum absolute atomic E-state index is 12.5. The van der Waals surface area contributed by atoms with E-state index in [1.807, 2.05) is 12.1 Å². The monoisotopic (exact) mass is 352 g/mol. The van der Waals surface area contributed by atoms with Crippen LogP contribution in [0, 0.1) is 0 Å². The van der Waals surface area contributed by atoms with Gasteiger partial charge in [-0.2, -0.15) is 0 Å². The highest BCUT2D eigenvalue weighted by Gasteiger charge is 2.27. The molecule has 0 spiro atoms. The van der Waals surface area contributed by atoms with E-state index in [4.69, 9.17) is 18.6 Å². The van der Waals surface area contributed by atoms with Crippen molar-refractivity contribution in [2.75, 3.05) is 19.0 Å². The molecule has 0 saturated heterocycles. The summed E-state index contributed by atoms with van der Waals surface area (Å²) in [4.78, 5) is 16.4. The van der Waals surface area contributed by atoms with Gasteiger partial charge >= 0.3 is 0 Å². The Kier molecular flexibility index (Phi) is 4.18. The largest absolute Gasteiger partial charge is 0.496 e. The number of hydrogen-bond donors (Lipinski definition) is 1. The molecule has 2 heterocycles. The van der Waals surface area contributed by atoms with Crippen molar-refractivity contribution in [1.29, 1.82) is 0 Å². The molecular weight excluding hydrogens is 336 g/mol. The number of ether oxygens (including phenoxy) is 3. The minimum atomic E-state index is -0.732. The number of carbonyl (C=O) groups excluding carboxylic acids is 1. The first kappa shape index (κ1) is 16.0. The topological polar surface area (TPSA) is 82.8 Å². The van der Waals surface area contributed by atoms with Gasteiger partial charge in [0.15, 0.2) is 23.7 Å². The van der Waals surface area contributed by atoms with Crippen LogP contribution in [0.2, 0.25) is 0 Å². The van der Waals surface area contributed by atoms with Gasteiger partial charge in [0.05, 0.1) is 18.9 Å². The molecule has 0 bridgehead atoms. The summed E-state index contributed by atoms with van der Waals surface area (Å²) < 4.78 is 22.0. The number of nitrogens with one attached hydrogen (secondary N) is 1. The Morgan fingerprint density at radius 1 is 1.23 bits per heavy atom. The minimum Gasteiger partial charge on any atom is -0.496 e. The number of oxazole rings is 1. The molecule has 0 saturated carbocycles. The number of nitrogens with zero attached hydrogens (tertiary/aromatic N) is 1. The van der Waals surface area contributed by atoms with Crippen molar-refractivity contribution >= 4 is 11.6 Å². The summed E-state index contributed by atoms with van der Waals surface area (Å²) in [7, 11) is 1.55. The van der Waals surface area contributed by atoms with E-state index in [1.165, 1.54) is 6.39 Å². The fourth-order valence-electron chi connectivity index (χ4n) is 2.69. The zero-order valence-electron chi connectivity index (χ0n) is 14.0. The van der Waals surface area contributed by atoms with Gasteiger partial charge in [-0.05, 0) is 24.3 Å². The molecule has 0 aliphatic carbocycles. The van der Waals surface area contributed by atoms with Crippen molar-refractivity contribution in [3.63, 3.8) is 0 Å². The van der Waals surface area contributed by atoms with Gasteiger partial charge in [0.2, 0.25) is 6.10 Å². The molecule has 3 aromatic rings. The lowest BCUT2D eigenvalue weighted by atomic mass is 10.1. The van der Waals surface area contributed by atoms with Crippen LogP contribution in [0.15, 0.2) is 59.5 Å². The Bertz CT molecular complexity index is 923. The Balaban J connectivity index is 1.50. The first-order valence-electron chi connectivity index (χ1n) is 8.01. The number of para-hydroxylation sites is 2. The number of anilines is 1. The molecule has 4 rings (SSSR count).